The van der Waals surface area contributed by atoms with E-state index in [4.69, 9.17) is 16.3 Å². The number of aromatic carboxylic acids is 1. The minimum Gasteiger partial charge on any atom is -0.477 e. The molecule has 0 aliphatic heterocycles. The number of aromatic nitrogens is 1. The molecule has 1 aliphatic carbocycles. The zero-order valence-corrected chi connectivity index (χ0v) is 18.4. The Morgan fingerprint density at radius 3 is 2.26 bits per heavy atom. The van der Waals surface area contributed by atoms with Crippen LogP contribution in [0.3, 0.4) is 0 Å². The maximum absolute atomic E-state index is 13.0. The van der Waals surface area contributed by atoms with E-state index in [9.17, 15) is 14.7 Å². The van der Waals surface area contributed by atoms with Gasteiger partial charge in [-0.15, -0.1) is 11.6 Å². The highest BCUT2D eigenvalue weighted by molar-refractivity contribution is 7.17. The molecule has 1 amide bonds. The molecular weight excluding hydrogens is 436 g/mol. The van der Waals surface area contributed by atoms with Crippen molar-refractivity contribution >= 4 is 40.1 Å². The largest absolute Gasteiger partial charge is 0.477 e. The lowest BCUT2D eigenvalue weighted by molar-refractivity contribution is 0.0701. The summed E-state index contributed by atoms with van der Waals surface area (Å²) in [5.41, 5.74) is 4.82. The Morgan fingerprint density at radius 1 is 1.13 bits per heavy atom. The number of amides is 1. The second-order valence-electron chi connectivity index (χ2n) is 7.17. The molecule has 0 atom stereocenters. The molecule has 0 spiro atoms. The summed E-state index contributed by atoms with van der Waals surface area (Å²) < 4.78 is 5.73. The van der Waals surface area contributed by atoms with Crippen LogP contribution in [-0.4, -0.2) is 35.3 Å². The molecule has 1 heterocycles. The van der Waals surface area contributed by atoms with Crippen LogP contribution in [0.25, 0.3) is 11.1 Å². The molecule has 1 aromatic heterocycles. The third-order valence-electron chi connectivity index (χ3n) is 5.24. The van der Waals surface area contributed by atoms with Gasteiger partial charge in [0.05, 0.1) is 11.6 Å². The molecule has 0 bridgehead atoms. The van der Waals surface area contributed by atoms with Crippen LogP contribution in [0.4, 0.5) is 9.93 Å². The molecule has 6 nitrogen and oxygen atoms in total. The van der Waals surface area contributed by atoms with Crippen LogP contribution in [0.5, 0.6) is 0 Å². The minimum atomic E-state index is -1.11. The van der Waals surface area contributed by atoms with Crippen molar-refractivity contribution in [3.8, 4) is 11.1 Å². The van der Waals surface area contributed by atoms with Crippen LogP contribution < -0.4 is 4.90 Å². The van der Waals surface area contributed by atoms with Crippen LogP contribution >= 0.6 is 22.9 Å². The maximum atomic E-state index is 13.0. The highest BCUT2D eigenvalue weighted by Gasteiger charge is 2.31. The summed E-state index contributed by atoms with van der Waals surface area (Å²) in [5, 5.41) is 9.65. The number of anilines is 1. The van der Waals surface area contributed by atoms with Crippen LogP contribution in [0.15, 0.2) is 48.5 Å². The van der Waals surface area contributed by atoms with E-state index in [0.29, 0.717) is 13.0 Å². The topological polar surface area (TPSA) is 79.7 Å². The van der Waals surface area contributed by atoms with Gasteiger partial charge in [0.25, 0.3) is 0 Å². The minimum absolute atomic E-state index is 0.0389. The number of ether oxygens (including phenoxy) is 1. The van der Waals surface area contributed by atoms with Crippen LogP contribution in [0.2, 0.25) is 0 Å². The standard InChI is InChI=1S/C23H21ClN2O4S/c1-2-11-26(22-25-19(12-24)20(31-22)21(27)28)23(29)30-13-18-16-9-5-3-7-14(16)15-8-4-6-10-17(15)18/h3-10,18H,2,11-13H2,1H3,(H,27,28). The molecule has 4 rings (SSSR count). The van der Waals surface area contributed by atoms with E-state index < -0.39 is 12.1 Å². The van der Waals surface area contributed by atoms with Gasteiger partial charge in [-0.2, -0.15) is 0 Å². The van der Waals surface area contributed by atoms with Gasteiger partial charge in [-0.25, -0.2) is 14.6 Å². The molecule has 160 valence electrons. The molecule has 2 aromatic carbocycles. The Balaban J connectivity index is 1.56. The first-order valence-corrected chi connectivity index (χ1v) is 11.3. The van der Waals surface area contributed by atoms with Gasteiger partial charge in [0, 0.05) is 12.5 Å². The molecule has 1 N–H and O–H groups in total. The maximum Gasteiger partial charge on any atom is 0.416 e. The Morgan fingerprint density at radius 2 is 1.74 bits per heavy atom. The summed E-state index contributed by atoms with van der Waals surface area (Å²) in [6, 6.07) is 16.3. The number of nitrogens with zero attached hydrogens (tertiary/aromatic N) is 2. The normalized spacial score (nSPS) is 12.3. The molecule has 0 fully saturated rings. The smallest absolute Gasteiger partial charge is 0.416 e. The zero-order valence-electron chi connectivity index (χ0n) is 16.9. The number of thiazole rings is 1. The van der Waals surface area contributed by atoms with E-state index in [0.717, 1.165) is 33.6 Å². The monoisotopic (exact) mass is 456 g/mol. The highest BCUT2D eigenvalue weighted by Crippen LogP contribution is 2.44. The average molecular weight is 457 g/mol. The van der Waals surface area contributed by atoms with E-state index in [1.54, 1.807) is 0 Å². The Labute approximate surface area is 189 Å². The van der Waals surface area contributed by atoms with Gasteiger partial charge in [-0.3, -0.25) is 4.90 Å². The number of alkyl halides is 1. The number of carbonyl (C=O) groups excluding carboxylic acids is 1. The Hall–Kier alpha value is -2.90. The lowest BCUT2D eigenvalue weighted by Crippen LogP contribution is -2.33. The summed E-state index contributed by atoms with van der Waals surface area (Å²) in [6.45, 7) is 2.48. The number of carboxylic acids is 1. The number of hydrogen-bond donors (Lipinski definition) is 1. The highest BCUT2D eigenvalue weighted by atomic mass is 35.5. The third kappa shape index (κ3) is 4.03. The van der Waals surface area contributed by atoms with Crippen molar-refractivity contribution in [2.45, 2.75) is 25.1 Å². The van der Waals surface area contributed by atoms with Crippen LogP contribution in [-0.2, 0) is 10.6 Å². The fourth-order valence-electron chi connectivity index (χ4n) is 3.87. The fraction of sp³-hybridized carbons (Fsp3) is 0.261. The number of hydrogen-bond acceptors (Lipinski definition) is 5. The van der Waals surface area contributed by atoms with Crippen molar-refractivity contribution in [2.75, 3.05) is 18.1 Å². The molecular formula is C23H21ClN2O4S. The van der Waals surface area contributed by atoms with Gasteiger partial charge in [0.2, 0.25) is 0 Å². The average Bonchev–Trinajstić information content (AvgIpc) is 3.35. The molecule has 0 unspecified atom stereocenters. The number of carboxylic acid groups (broad SMARTS) is 1. The van der Waals surface area contributed by atoms with Crippen molar-refractivity contribution in [1.29, 1.82) is 0 Å². The number of fused-ring (bicyclic) bond motifs is 3. The molecule has 0 saturated heterocycles. The second-order valence-corrected chi connectivity index (χ2v) is 8.41. The molecule has 0 radical (unpaired) electrons. The van der Waals surface area contributed by atoms with E-state index in [2.05, 4.69) is 29.2 Å². The number of rotatable bonds is 7. The Kier molecular flexibility index (Phi) is 6.25. The summed E-state index contributed by atoms with van der Waals surface area (Å²) in [6.07, 6.45) is 0.123. The Bertz CT molecular complexity index is 1080. The molecule has 0 saturated carbocycles. The summed E-state index contributed by atoms with van der Waals surface area (Å²) in [5.74, 6) is -1.20. The van der Waals surface area contributed by atoms with E-state index >= 15 is 0 Å². The molecule has 31 heavy (non-hydrogen) atoms. The summed E-state index contributed by atoms with van der Waals surface area (Å²) >= 11 is 6.77. The molecule has 8 heteroatoms. The quantitative estimate of drug-likeness (QED) is 0.458. The number of halogens is 1. The SMILES string of the molecule is CCCN(C(=O)OCC1c2ccccc2-c2ccccc21)c1nc(CCl)c(C(=O)O)s1. The van der Waals surface area contributed by atoms with Crippen molar-refractivity contribution in [2.24, 2.45) is 0 Å². The van der Waals surface area contributed by atoms with Crippen molar-refractivity contribution in [3.05, 3.63) is 70.2 Å². The first kappa shape index (κ1) is 21.3. The first-order chi connectivity index (χ1) is 15.0. The van der Waals surface area contributed by atoms with E-state index in [1.807, 2.05) is 31.2 Å². The predicted octanol–water partition coefficient (Wildman–Crippen LogP) is 5.75. The van der Waals surface area contributed by atoms with E-state index in [1.165, 1.54) is 4.90 Å². The van der Waals surface area contributed by atoms with Crippen molar-refractivity contribution in [1.82, 2.24) is 4.98 Å². The lowest BCUT2D eigenvalue weighted by Gasteiger charge is -2.21. The zero-order chi connectivity index (χ0) is 22.0. The first-order valence-electron chi connectivity index (χ1n) is 9.96. The van der Waals surface area contributed by atoms with Gasteiger partial charge < -0.3 is 9.84 Å². The van der Waals surface area contributed by atoms with Crippen molar-refractivity contribution in [3.63, 3.8) is 0 Å². The summed E-state index contributed by atoms with van der Waals surface area (Å²) in [7, 11) is 0. The van der Waals surface area contributed by atoms with Crippen molar-refractivity contribution < 1.29 is 19.4 Å². The number of carbonyl (C=O) groups is 2. The predicted molar refractivity (Wildman–Crippen MR) is 121 cm³/mol. The van der Waals surface area contributed by atoms with E-state index in [-0.39, 0.29) is 34.1 Å². The molecule has 1 aliphatic rings. The van der Waals surface area contributed by atoms with Gasteiger partial charge in [-0.05, 0) is 28.7 Å². The lowest BCUT2D eigenvalue weighted by atomic mass is 9.98. The number of benzene rings is 2. The van der Waals surface area contributed by atoms with Gasteiger partial charge in [0.1, 0.15) is 11.5 Å². The summed E-state index contributed by atoms with van der Waals surface area (Å²) in [4.78, 5) is 30.1. The van der Waals surface area contributed by atoms with Gasteiger partial charge >= 0.3 is 12.1 Å². The van der Waals surface area contributed by atoms with Crippen LogP contribution in [0.1, 0.15) is 45.8 Å². The van der Waals surface area contributed by atoms with Gasteiger partial charge in [-0.1, -0.05) is 66.8 Å². The fourth-order valence-corrected chi connectivity index (χ4v) is 5.08. The molecule has 3 aromatic rings. The second kappa shape index (κ2) is 9.08. The van der Waals surface area contributed by atoms with Crippen LogP contribution in [0, 0.1) is 0 Å². The van der Waals surface area contributed by atoms with Gasteiger partial charge in [0.15, 0.2) is 5.13 Å². The third-order valence-corrected chi connectivity index (χ3v) is 6.60.